The summed E-state index contributed by atoms with van der Waals surface area (Å²) in [5, 5.41) is 14.2. The maximum absolute atomic E-state index is 13.7. The highest BCUT2D eigenvalue weighted by atomic mass is 32.1. The summed E-state index contributed by atoms with van der Waals surface area (Å²) in [5.74, 6) is -0.668. The van der Waals surface area contributed by atoms with Crippen LogP contribution < -0.4 is 0 Å². The molecule has 9 unspecified atom stereocenters. The summed E-state index contributed by atoms with van der Waals surface area (Å²) >= 11 is 1.56. The monoisotopic (exact) mass is 587 g/mol. The molecule has 2 heterocycles. The Balaban J connectivity index is 2.43. The highest BCUT2D eigenvalue weighted by Crippen LogP contribution is 2.37. The third-order valence-electron chi connectivity index (χ3n) is 8.13. The fourth-order valence-corrected chi connectivity index (χ4v) is 7.03. The molecule has 0 saturated carbocycles. The van der Waals surface area contributed by atoms with Crippen molar-refractivity contribution < 1.29 is 28.5 Å². The lowest BCUT2D eigenvalue weighted by molar-refractivity contribution is -0.154. The molecular formula is C28H47NO6P2S. The normalized spacial score (nSPS) is 32.7. The standard InChI is InChI=1S/C28H47NO6P2S/c1-8-20-11-9-10-16(2)26(35-37)18(4)27(32)28(6,7)24(34-36)14-25(31)33-23(13-22(20)30)17(3)12-21-15-38-19(5)29-21/h12,15-16,18,20,22-24,26,30H,8-11,13-14,36-37H2,1-7H3/b17-12+. The molecule has 1 fully saturated rings. The third-order valence-corrected chi connectivity index (χ3v) is 9.57. The number of esters is 1. The third kappa shape index (κ3) is 8.88. The van der Waals surface area contributed by atoms with Crippen LogP contribution in [0.3, 0.4) is 0 Å². The van der Waals surface area contributed by atoms with Gasteiger partial charge in [-0.15, -0.1) is 11.3 Å². The number of hydrogen-bond acceptors (Lipinski definition) is 8. The molecule has 1 aliphatic rings. The van der Waals surface area contributed by atoms with E-state index in [-0.39, 0.29) is 30.1 Å². The Hall–Kier alpha value is -0.750. The highest BCUT2D eigenvalue weighted by molar-refractivity contribution is 7.10. The molecule has 1 aliphatic heterocycles. The molecule has 9 atom stereocenters. The highest BCUT2D eigenvalue weighted by Gasteiger charge is 2.44. The first kappa shape index (κ1) is 33.5. The molecular weight excluding hydrogens is 540 g/mol. The number of aliphatic hydroxyl groups is 1. The summed E-state index contributed by atoms with van der Waals surface area (Å²) < 4.78 is 17.3. The van der Waals surface area contributed by atoms with E-state index in [9.17, 15) is 14.7 Å². The summed E-state index contributed by atoms with van der Waals surface area (Å²) in [4.78, 5) is 31.4. The molecule has 1 aromatic rings. The quantitative estimate of drug-likeness (QED) is 0.318. The van der Waals surface area contributed by atoms with E-state index in [2.05, 4.69) is 37.8 Å². The SMILES string of the molecule is CCC1CCCC(C)C(OP)C(C)C(=O)C(C)(C)C(OP)CC(=O)OC(/C(C)=C/c2csc(C)n2)CC1O. The fourth-order valence-electron chi connectivity index (χ4n) is 5.52. The number of cyclic esters (lactones) is 1. The summed E-state index contributed by atoms with van der Waals surface area (Å²) in [5.41, 5.74) is 0.672. The molecule has 0 amide bonds. The predicted octanol–water partition coefficient (Wildman–Crippen LogP) is 6.34. The number of carbonyl (C=O) groups excluding carboxylic acids is 2. The number of nitrogens with zero attached hydrogens (tertiary/aromatic N) is 1. The van der Waals surface area contributed by atoms with E-state index in [1.165, 1.54) is 0 Å². The first-order chi connectivity index (χ1) is 17.8. The van der Waals surface area contributed by atoms with Gasteiger partial charge in [0, 0.05) is 36.7 Å². The van der Waals surface area contributed by atoms with Crippen LogP contribution >= 0.6 is 30.3 Å². The summed E-state index contributed by atoms with van der Waals surface area (Å²) in [6.45, 7) is 13.5. The second-order valence-corrected chi connectivity index (χ2v) is 12.9. The van der Waals surface area contributed by atoms with Crippen LogP contribution in [-0.4, -0.2) is 46.3 Å². The van der Waals surface area contributed by atoms with Gasteiger partial charge in [0.2, 0.25) is 0 Å². The van der Waals surface area contributed by atoms with Gasteiger partial charge in [-0.2, -0.15) is 0 Å². The molecule has 216 valence electrons. The summed E-state index contributed by atoms with van der Waals surface area (Å²) in [6.07, 6.45) is 3.34. The van der Waals surface area contributed by atoms with E-state index >= 15 is 0 Å². The Bertz CT molecular complexity index is 952. The van der Waals surface area contributed by atoms with E-state index in [1.54, 1.807) is 11.3 Å². The van der Waals surface area contributed by atoms with Gasteiger partial charge in [0.1, 0.15) is 11.9 Å². The molecule has 10 heteroatoms. The number of aromatic nitrogens is 1. The molecule has 1 N–H and O–H groups in total. The van der Waals surface area contributed by atoms with Crippen molar-refractivity contribution >= 4 is 48.1 Å². The molecule has 1 saturated heterocycles. The zero-order chi connectivity index (χ0) is 28.6. The predicted molar refractivity (Wildman–Crippen MR) is 160 cm³/mol. The van der Waals surface area contributed by atoms with Crippen LogP contribution in [-0.2, 0) is 23.4 Å². The topological polar surface area (TPSA) is 95.0 Å². The Morgan fingerprint density at radius 2 is 1.95 bits per heavy atom. The van der Waals surface area contributed by atoms with Gasteiger partial charge in [-0.3, -0.25) is 9.59 Å². The molecule has 38 heavy (non-hydrogen) atoms. The number of thiazole rings is 1. The van der Waals surface area contributed by atoms with Crippen molar-refractivity contribution in [2.24, 2.45) is 23.2 Å². The second kappa shape index (κ2) is 15.3. The van der Waals surface area contributed by atoms with Crippen molar-refractivity contribution in [2.45, 2.75) is 111 Å². The zero-order valence-corrected chi connectivity index (χ0v) is 27.1. The lowest BCUT2D eigenvalue weighted by Gasteiger charge is -2.37. The first-order valence-electron chi connectivity index (χ1n) is 13.6. The van der Waals surface area contributed by atoms with E-state index in [1.807, 2.05) is 46.1 Å². The molecule has 2 rings (SSSR count). The van der Waals surface area contributed by atoms with Crippen LogP contribution in [0, 0.1) is 30.1 Å². The van der Waals surface area contributed by atoms with E-state index in [0.717, 1.165) is 42.0 Å². The first-order valence-corrected chi connectivity index (χ1v) is 15.4. The average molecular weight is 588 g/mol. The minimum atomic E-state index is -0.955. The van der Waals surface area contributed by atoms with Crippen LogP contribution in [0.4, 0.5) is 0 Å². The lowest BCUT2D eigenvalue weighted by Crippen LogP contribution is -2.46. The smallest absolute Gasteiger partial charge is 0.309 e. The van der Waals surface area contributed by atoms with Crippen molar-refractivity contribution in [3.63, 3.8) is 0 Å². The number of Topliss-reactive ketones (excluding diaryl/α,β-unsaturated/α-hetero) is 1. The Morgan fingerprint density at radius 1 is 1.26 bits per heavy atom. The van der Waals surface area contributed by atoms with Crippen molar-refractivity contribution in [1.82, 2.24) is 4.98 Å². The minimum absolute atomic E-state index is 0.0162. The Labute approximate surface area is 237 Å². The molecule has 0 radical (unpaired) electrons. The van der Waals surface area contributed by atoms with E-state index in [0.29, 0.717) is 6.42 Å². The molecule has 0 aromatic carbocycles. The number of aliphatic hydroxyl groups excluding tert-OH is 1. The maximum atomic E-state index is 13.7. The van der Waals surface area contributed by atoms with Gasteiger partial charge in [0.15, 0.2) is 0 Å². The van der Waals surface area contributed by atoms with E-state index in [4.69, 9.17) is 13.8 Å². The lowest BCUT2D eigenvalue weighted by atomic mass is 9.73. The van der Waals surface area contributed by atoms with Crippen LogP contribution in [0.15, 0.2) is 11.0 Å². The van der Waals surface area contributed by atoms with Gasteiger partial charge in [-0.1, -0.05) is 47.5 Å². The van der Waals surface area contributed by atoms with Gasteiger partial charge < -0.3 is 18.9 Å². The molecule has 0 spiro atoms. The summed E-state index contributed by atoms with van der Waals surface area (Å²) in [6, 6.07) is 0. The van der Waals surface area contributed by atoms with Crippen molar-refractivity contribution in [3.05, 3.63) is 21.7 Å². The molecule has 0 bridgehead atoms. The van der Waals surface area contributed by atoms with Gasteiger partial charge in [-0.25, -0.2) is 4.98 Å². The van der Waals surface area contributed by atoms with Crippen molar-refractivity contribution in [3.8, 4) is 0 Å². The van der Waals surface area contributed by atoms with Crippen LogP contribution in [0.1, 0.15) is 90.8 Å². The van der Waals surface area contributed by atoms with Crippen LogP contribution in [0.2, 0.25) is 0 Å². The number of ketones is 1. The molecule has 1 aromatic heterocycles. The van der Waals surface area contributed by atoms with Crippen molar-refractivity contribution in [2.75, 3.05) is 0 Å². The zero-order valence-electron chi connectivity index (χ0n) is 23.9. The number of carbonyl (C=O) groups is 2. The van der Waals surface area contributed by atoms with Crippen LogP contribution in [0.5, 0.6) is 0 Å². The number of rotatable bonds is 5. The average Bonchev–Trinajstić information content (AvgIpc) is 3.27. The van der Waals surface area contributed by atoms with Crippen molar-refractivity contribution in [1.29, 1.82) is 0 Å². The number of hydrogen-bond donors (Lipinski definition) is 1. The fraction of sp³-hybridized carbons (Fsp3) is 0.750. The van der Waals surface area contributed by atoms with E-state index < -0.39 is 35.6 Å². The second-order valence-electron chi connectivity index (χ2n) is 11.3. The molecule has 0 aliphatic carbocycles. The number of aryl methyl sites for hydroxylation is 1. The Kier molecular flexibility index (Phi) is 13.5. The minimum Gasteiger partial charge on any atom is -0.458 e. The van der Waals surface area contributed by atoms with Gasteiger partial charge in [-0.05, 0) is 50.2 Å². The van der Waals surface area contributed by atoms with Gasteiger partial charge in [0.05, 0.1) is 40.8 Å². The van der Waals surface area contributed by atoms with Gasteiger partial charge >= 0.3 is 5.97 Å². The summed E-state index contributed by atoms with van der Waals surface area (Å²) in [7, 11) is 4.53. The Morgan fingerprint density at radius 3 is 2.50 bits per heavy atom. The largest absolute Gasteiger partial charge is 0.458 e. The van der Waals surface area contributed by atoms with Gasteiger partial charge in [0.25, 0.3) is 0 Å². The maximum Gasteiger partial charge on any atom is 0.309 e. The molecule has 7 nitrogen and oxygen atoms in total. The van der Waals surface area contributed by atoms with Crippen LogP contribution in [0.25, 0.3) is 6.08 Å². The number of ether oxygens (including phenoxy) is 1.